The highest BCUT2D eigenvalue weighted by atomic mass is 79.9. The molecule has 0 bridgehead atoms. The molecule has 1 saturated heterocycles. The minimum atomic E-state index is -3.23. The van der Waals surface area contributed by atoms with Crippen LogP contribution in [-0.4, -0.2) is 49.9 Å². The van der Waals surface area contributed by atoms with Gasteiger partial charge in [-0.15, -0.1) is 0 Å². The molecule has 1 heterocycles. The number of aliphatic hydroxyl groups is 1. The Morgan fingerprint density at radius 3 is 2.60 bits per heavy atom. The van der Waals surface area contributed by atoms with Crippen LogP contribution in [0.25, 0.3) is 0 Å². The zero-order chi connectivity index (χ0) is 14.8. The number of hydrogen-bond donors (Lipinski definition) is 1. The van der Waals surface area contributed by atoms with Crippen LogP contribution in [0, 0.1) is 5.92 Å². The largest absolute Gasteiger partial charge is 0.393 e. The van der Waals surface area contributed by atoms with Crippen molar-refractivity contribution >= 4 is 25.8 Å². The molecule has 1 N–H and O–H groups in total. The number of sulfone groups is 1. The fourth-order valence-electron chi connectivity index (χ4n) is 2.47. The Labute approximate surface area is 128 Å². The van der Waals surface area contributed by atoms with Crippen molar-refractivity contribution < 1.29 is 13.5 Å². The van der Waals surface area contributed by atoms with E-state index >= 15 is 0 Å². The van der Waals surface area contributed by atoms with Crippen molar-refractivity contribution in [2.24, 2.45) is 5.92 Å². The predicted octanol–water partition coefficient (Wildman–Crippen LogP) is 1.93. The van der Waals surface area contributed by atoms with Gasteiger partial charge >= 0.3 is 0 Å². The van der Waals surface area contributed by atoms with Gasteiger partial charge in [-0.2, -0.15) is 0 Å². The lowest BCUT2D eigenvalue weighted by Crippen LogP contribution is -2.29. The van der Waals surface area contributed by atoms with Crippen molar-refractivity contribution in [3.63, 3.8) is 0 Å². The van der Waals surface area contributed by atoms with Crippen LogP contribution in [0.2, 0.25) is 0 Å². The molecular formula is C14H20BrNO3S. The lowest BCUT2D eigenvalue weighted by molar-refractivity contribution is 0.128. The number of rotatable bonds is 5. The van der Waals surface area contributed by atoms with E-state index in [9.17, 15) is 13.5 Å². The van der Waals surface area contributed by atoms with Gasteiger partial charge in [-0.25, -0.2) is 8.42 Å². The monoisotopic (exact) mass is 361 g/mol. The van der Waals surface area contributed by atoms with Crippen LogP contribution >= 0.6 is 15.9 Å². The first-order chi connectivity index (χ1) is 9.38. The van der Waals surface area contributed by atoms with Crippen molar-refractivity contribution in [2.75, 3.05) is 25.4 Å². The summed E-state index contributed by atoms with van der Waals surface area (Å²) < 4.78 is 25.3. The lowest BCUT2D eigenvalue weighted by Gasteiger charge is -2.17. The number of aliphatic hydroxyl groups excluding tert-OH is 1. The van der Waals surface area contributed by atoms with Crippen molar-refractivity contribution in [3.05, 3.63) is 28.7 Å². The summed E-state index contributed by atoms with van der Waals surface area (Å²) in [6, 6.07) is 6.74. The van der Waals surface area contributed by atoms with Gasteiger partial charge in [0.15, 0.2) is 9.84 Å². The van der Waals surface area contributed by atoms with E-state index < -0.39 is 9.84 Å². The minimum Gasteiger partial charge on any atom is -0.393 e. The van der Waals surface area contributed by atoms with Crippen LogP contribution < -0.4 is 0 Å². The van der Waals surface area contributed by atoms with Crippen molar-refractivity contribution in [2.45, 2.75) is 24.3 Å². The molecule has 1 aromatic rings. The lowest BCUT2D eigenvalue weighted by atomic mass is 10.0. The first-order valence-electron chi connectivity index (χ1n) is 6.77. The molecule has 2 atom stereocenters. The van der Waals surface area contributed by atoms with Gasteiger partial charge in [0.05, 0.1) is 16.8 Å². The Morgan fingerprint density at radius 2 is 2.05 bits per heavy atom. The molecular weight excluding hydrogens is 342 g/mol. The molecule has 1 aliphatic rings. The van der Waals surface area contributed by atoms with Crippen LogP contribution in [0.4, 0.5) is 0 Å². The Kier molecular flexibility index (Phi) is 5.23. The number of hydrogen-bond acceptors (Lipinski definition) is 4. The van der Waals surface area contributed by atoms with Crippen LogP contribution in [0.5, 0.6) is 0 Å². The third-order valence-electron chi connectivity index (χ3n) is 3.84. The van der Waals surface area contributed by atoms with E-state index in [-0.39, 0.29) is 17.8 Å². The SMILES string of the molecule is CC(O)C1CCN(CCS(=O)(=O)c2ccc(Br)cc2)C1. The average Bonchev–Trinajstić information content (AvgIpc) is 2.86. The number of halogens is 1. The smallest absolute Gasteiger partial charge is 0.179 e. The standard InChI is InChI=1S/C14H20BrNO3S/c1-11(17)12-6-7-16(10-12)8-9-20(18,19)14-4-2-13(15)3-5-14/h2-5,11-12,17H,6-10H2,1H3. The second-order valence-electron chi connectivity index (χ2n) is 5.36. The summed E-state index contributed by atoms with van der Waals surface area (Å²) in [5, 5.41) is 9.55. The summed E-state index contributed by atoms with van der Waals surface area (Å²) in [4.78, 5) is 2.49. The minimum absolute atomic E-state index is 0.126. The molecule has 1 aromatic carbocycles. The molecule has 0 saturated carbocycles. The molecule has 6 heteroatoms. The fourth-order valence-corrected chi connectivity index (χ4v) is 4.02. The van der Waals surface area contributed by atoms with Crippen LogP contribution in [0.1, 0.15) is 13.3 Å². The Bertz CT molecular complexity index is 542. The van der Waals surface area contributed by atoms with Crippen molar-refractivity contribution in [3.8, 4) is 0 Å². The highest BCUT2D eigenvalue weighted by Crippen LogP contribution is 2.20. The summed E-state index contributed by atoms with van der Waals surface area (Å²) in [7, 11) is -3.23. The summed E-state index contributed by atoms with van der Waals surface area (Å²) in [5.74, 6) is 0.395. The average molecular weight is 362 g/mol. The van der Waals surface area contributed by atoms with E-state index in [4.69, 9.17) is 0 Å². The molecule has 0 aromatic heterocycles. The first kappa shape index (κ1) is 15.9. The second kappa shape index (κ2) is 6.56. The van der Waals surface area contributed by atoms with Gasteiger partial charge in [0, 0.05) is 17.6 Å². The van der Waals surface area contributed by atoms with Gasteiger partial charge < -0.3 is 10.0 Å². The van der Waals surface area contributed by atoms with Gasteiger partial charge in [-0.3, -0.25) is 0 Å². The van der Waals surface area contributed by atoms with Gasteiger partial charge in [0.1, 0.15) is 0 Å². The van der Waals surface area contributed by atoms with E-state index in [0.717, 1.165) is 24.0 Å². The topological polar surface area (TPSA) is 57.6 Å². The summed E-state index contributed by atoms with van der Waals surface area (Å²) in [6.07, 6.45) is 0.624. The highest BCUT2D eigenvalue weighted by Gasteiger charge is 2.27. The van der Waals surface area contributed by atoms with Gasteiger partial charge in [-0.05, 0) is 50.1 Å². The molecule has 0 aliphatic carbocycles. The Hall–Kier alpha value is -0.430. The molecule has 0 amide bonds. The zero-order valence-electron chi connectivity index (χ0n) is 11.5. The second-order valence-corrected chi connectivity index (χ2v) is 8.39. The Morgan fingerprint density at radius 1 is 1.40 bits per heavy atom. The third kappa shape index (κ3) is 4.04. The normalized spacial score (nSPS) is 22.1. The maximum Gasteiger partial charge on any atom is 0.179 e. The third-order valence-corrected chi connectivity index (χ3v) is 6.08. The zero-order valence-corrected chi connectivity index (χ0v) is 13.9. The summed E-state index contributed by atoms with van der Waals surface area (Å²) in [6.45, 7) is 3.98. The summed E-state index contributed by atoms with van der Waals surface area (Å²) >= 11 is 3.30. The summed E-state index contributed by atoms with van der Waals surface area (Å²) in [5.41, 5.74) is 0. The van der Waals surface area contributed by atoms with Crippen molar-refractivity contribution in [1.82, 2.24) is 4.90 Å². The predicted molar refractivity (Wildman–Crippen MR) is 82.4 cm³/mol. The molecule has 4 nitrogen and oxygen atoms in total. The molecule has 2 rings (SSSR count). The van der Waals surface area contributed by atoms with Gasteiger partial charge in [-0.1, -0.05) is 15.9 Å². The van der Waals surface area contributed by atoms with Crippen LogP contribution in [0.3, 0.4) is 0 Å². The molecule has 0 radical (unpaired) electrons. The first-order valence-corrected chi connectivity index (χ1v) is 9.22. The molecule has 1 aliphatic heterocycles. The molecule has 20 heavy (non-hydrogen) atoms. The number of likely N-dealkylation sites (tertiary alicyclic amines) is 1. The quantitative estimate of drug-likeness (QED) is 0.870. The van der Waals surface area contributed by atoms with E-state index in [1.54, 1.807) is 31.2 Å². The molecule has 112 valence electrons. The maximum atomic E-state index is 12.2. The van der Waals surface area contributed by atoms with Crippen molar-refractivity contribution in [1.29, 1.82) is 0 Å². The van der Waals surface area contributed by atoms with E-state index in [1.165, 1.54) is 0 Å². The van der Waals surface area contributed by atoms with Gasteiger partial charge in [0.2, 0.25) is 0 Å². The highest BCUT2D eigenvalue weighted by molar-refractivity contribution is 9.10. The van der Waals surface area contributed by atoms with Crippen LogP contribution in [-0.2, 0) is 9.84 Å². The van der Waals surface area contributed by atoms with E-state index in [0.29, 0.717) is 11.4 Å². The van der Waals surface area contributed by atoms with E-state index in [1.807, 2.05) is 0 Å². The molecule has 1 fully saturated rings. The fraction of sp³-hybridized carbons (Fsp3) is 0.571. The maximum absolute atomic E-state index is 12.2. The van der Waals surface area contributed by atoms with Gasteiger partial charge in [0.25, 0.3) is 0 Å². The Balaban J connectivity index is 1.92. The van der Waals surface area contributed by atoms with E-state index in [2.05, 4.69) is 20.8 Å². The number of benzene rings is 1. The van der Waals surface area contributed by atoms with Crippen LogP contribution in [0.15, 0.2) is 33.6 Å². The number of nitrogens with zero attached hydrogens (tertiary/aromatic N) is 1. The molecule has 0 spiro atoms. The molecule has 2 unspecified atom stereocenters.